The number of benzene rings is 2. The molecular formula is C16H16F3NS. The topological polar surface area (TPSA) is 12.0 Å². The molecular weight excluding hydrogens is 295 g/mol. The molecule has 0 spiro atoms. The Morgan fingerprint density at radius 2 is 1.57 bits per heavy atom. The lowest BCUT2D eigenvalue weighted by Gasteiger charge is -2.13. The third kappa shape index (κ3) is 5.10. The van der Waals surface area contributed by atoms with Crippen molar-refractivity contribution in [1.82, 2.24) is 5.32 Å². The highest BCUT2D eigenvalue weighted by molar-refractivity contribution is 7.99. The molecule has 0 bridgehead atoms. The smallest absolute Gasteiger partial charge is 0.312 e. The molecule has 0 atom stereocenters. The number of rotatable bonds is 6. The molecule has 0 amide bonds. The molecule has 0 heterocycles. The van der Waals surface area contributed by atoms with E-state index in [1.807, 2.05) is 30.3 Å². The summed E-state index contributed by atoms with van der Waals surface area (Å²) in [6, 6.07) is 15.6. The third-order valence-corrected chi connectivity index (χ3v) is 3.94. The highest BCUT2D eigenvalue weighted by Gasteiger charge is 2.32. The first-order chi connectivity index (χ1) is 10.1. The number of alkyl halides is 3. The maximum atomic E-state index is 12.8. The zero-order valence-corrected chi connectivity index (χ0v) is 12.2. The standard InChI is InChI=1S/C16H16F3NS/c17-16(18,19)15-9-5-4-6-13(15)12-20-10-11-21-14-7-2-1-3-8-14/h1-9,20H,10-12H2. The van der Waals surface area contributed by atoms with Gasteiger partial charge < -0.3 is 5.32 Å². The minimum atomic E-state index is -4.29. The van der Waals surface area contributed by atoms with Crippen LogP contribution in [0.3, 0.4) is 0 Å². The molecule has 2 aromatic carbocycles. The van der Waals surface area contributed by atoms with E-state index in [1.54, 1.807) is 17.8 Å². The Balaban J connectivity index is 1.79. The van der Waals surface area contributed by atoms with Gasteiger partial charge in [0.2, 0.25) is 0 Å². The van der Waals surface area contributed by atoms with Gasteiger partial charge >= 0.3 is 6.18 Å². The first-order valence-electron chi connectivity index (χ1n) is 6.61. The number of nitrogens with one attached hydrogen (secondary N) is 1. The van der Waals surface area contributed by atoms with Gasteiger partial charge in [-0.15, -0.1) is 11.8 Å². The van der Waals surface area contributed by atoms with Crippen LogP contribution in [0.25, 0.3) is 0 Å². The molecule has 1 N–H and O–H groups in total. The van der Waals surface area contributed by atoms with Crippen LogP contribution in [0.1, 0.15) is 11.1 Å². The van der Waals surface area contributed by atoms with E-state index < -0.39 is 11.7 Å². The van der Waals surface area contributed by atoms with Gasteiger partial charge in [-0.2, -0.15) is 13.2 Å². The highest BCUT2D eigenvalue weighted by Crippen LogP contribution is 2.31. The number of hydrogen-bond donors (Lipinski definition) is 1. The van der Waals surface area contributed by atoms with Gasteiger partial charge in [0.15, 0.2) is 0 Å². The van der Waals surface area contributed by atoms with Gasteiger partial charge in [-0.1, -0.05) is 36.4 Å². The van der Waals surface area contributed by atoms with Crippen LogP contribution >= 0.6 is 11.8 Å². The SMILES string of the molecule is FC(F)(F)c1ccccc1CNCCSc1ccccc1. The lowest BCUT2D eigenvalue weighted by atomic mass is 10.1. The van der Waals surface area contributed by atoms with Gasteiger partial charge in [-0.05, 0) is 23.8 Å². The monoisotopic (exact) mass is 311 g/mol. The first-order valence-corrected chi connectivity index (χ1v) is 7.59. The Labute approximate surface area is 126 Å². The highest BCUT2D eigenvalue weighted by atomic mass is 32.2. The second kappa shape index (κ2) is 7.52. The normalized spacial score (nSPS) is 11.6. The summed E-state index contributed by atoms with van der Waals surface area (Å²) < 4.78 is 38.4. The molecule has 0 aromatic heterocycles. The minimum absolute atomic E-state index is 0.227. The van der Waals surface area contributed by atoms with Crippen molar-refractivity contribution in [3.05, 3.63) is 65.7 Å². The minimum Gasteiger partial charge on any atom is -0.312 e. The molecule has 21 heavy (non-hydrogen) atoms. The van der Waals surface area contributed by atoms with Crippen LogP contribution in [0.4, 0.5) is 13.2 Å². The Bertz CT molecular complexity index is 555. The molecule has 1 nitrogen and oxygen atoms in total. The van der Waals surface area contributed by atoms with E-state index in [1.165, 1.54) is 12.1 Å². The second-order valence-corrected chi connectivity index (χ2v) is 5.66. The second-order valence-electron chi connectivity index (χ2n) is 4.49. The van der Waals surface area contributed by atoms with Crippen LogP contribution in [-0.4, -0.2) is 12.3 Å². The number of hydrogen-bond acceptors (Lipinski definition) is 2. The van der Waals surface area contributed by atoms with Crippen molar-refractivity contribution in [3.8, 4) is 0 Å². The van der Waals surface area contributed by atoms with Gasteiger partial charge in [0, 0.05) is 23.7 Å². The van der Waals surface area contributed by atoms with Gasteiger partial charge in [-0.25, -0.2) is 0 Å². The summed E-state index contributed by atoms with van der Waals surface area (Å²) in [5.41, 5.74) is -0.275. The predicted octanol–water partition coefficient (Wildman–Crippen LogP) is 4.59. The molecule has 2 rings (SSSR count). The molecule has 0 aliphatic rings. The summed E-state index contributed by atoms with van der Waals surface area (Å²) in [7, 11) is 0. The Kier molecular flexibility index (Phi) is 5.70. The van der Waals surface area contributed by atoms with E-state index in [0.717, 1.165) is 16.7 Å². The Morgan fingerprint density at radius 1 is 0.905 bits per heavy atom. The lowest BCUT2D eigenvalue weighted by molar-refractivity contribution is -0.138. The summed E-state index contributed by atoms with van der Waals surface area (Å²) in [5.74, 6) is 0.818. The fourth-order valence-electron chi connectivity index (χ4n) is 1.93. The van der Waals surface area contributed by atoms with Gasteiger partial charge in [0.05, 0.1) is 5.56 Å². The fraction of sp³-hybridized carbons (Fsp3) is 0.250. The van der Waals surface area contributed by atoms with Crippen LogP contribution in [0.2, 0.25) is 0 Å². The van der Waals surface area contributed by atoms with Crippen LogP contribution in [0.5, 0.6) is 0 Å². The molecule has 0 aliphatic heterocycles. The molecule has 112 valence electrons. The van der Waals surface area contributed by atoms with Crippen molar-refractivity contribution in [2.24, 2.45) is 0 Å². The van der Waals surface area contributed by atoms with Crippen LogP contribution in [-0.2, 0) is 12.7 Å². The first kappa shape index (κ1) is 15.9. The molecule has 5 heteroatoms. The Hall–Kier alpha value is -1.46. The zero-order chi connectivity index (χ0) is 15.1. The predicted molar refractivity (Wildman–Crippen MR) is 80.3 cm³/mol. The van der Waals surface area contributed by atoms with Crippen LogP contribution in [0.15, 0.2) is 59.5 Å². The van der Waals surface area contributed by atoms with Crippen molar-refractivity contribution in [2.45, 2.75) is 17.6 Å². The quantitative estimate of drug-likeness (QED) is 0.619. The molecule has 0 saturated heterocycles. The lowest BCUT2D eigenvalue weighted by Crippen LogP contribution is -2.19. The molecule has 0 saturated carbocycles. The number of halogens is 3. The van der Waals surface area contributed by atoms with E-state index in [9.17, 15) is 13.2 Å². The van der Waals surface area contributed by atoms with Crippen molar-refractivity contribution < 1.29 is 13.2 Å². The summed E-state index contributed by atoms with van der Waals surface area (Å²) in [4.78, 5) is 1.16. The molecule has 0 aliphatic carbocycles. The summed E-state index contributed by atoms with van der Waals surface area (Å²) in [5, 5.41) is 3.06. The average molecular weight is 311 g/mol. The van der Waals surface area contributed by atoms with Gasteiger partial charge in [-0.3, -0.25) is 0 Å². The third-order valence-electron chi connectivity index (χ3n) is 2.93. The summed E-state index contributed by atoms with van der Waals surface area (Å²) in [6.45, 7) is 0.886. The van der Waals surface area contributed by atoms with E-state index in [0.29, 0.717) is 6.54 Å². The van der Waals surface area contributed by atoms with Crippen LogP contribution < -0.4 is 5.32 Å². The van der Waals surface area contributed by atoms with E-state index in [2.05, 4.69) is 5.32 Å². The van der Waals surface area contributed by atoms with Crippen LogP contribution in [0, 0.1) is 0 Å². The van der Waals surface area contributed by atoms with Gasteiger partial charge in [0.1, 0.15) is 0 Å². The molecule has 0 fully saturated rings. The van der Waals surface area contributed by atoms with E-state index in [-0.39, 0.29) is 12.1 Å². The largest absolute Gasteiger partial charge is 0.416 e. The van der Waals surface area contributed by atoms with Crippen molar-refractivity contribution in [2.75, 3.05) is 12.3 Å². The fourth-order valence-corrected chi connectivity index (χ4v) is 2.76. The summed E-state index contributed by atoms with van der Waals surface area (Å²) in [6.07, 6.45) is -4.29. The molecule has 0 radical (unpaired) electrons. The molecule has 0 unspecified atom stereocenters. The van der Waals surface area contributed by atoms with E-state index in [4.69, 9.17) is 0 Å². The maximum Gasteiger partial charge on any atom is 0.416 e. The molecule has 2 aromatic rings. The zero-order valence-electron chi connectivity index (χ0n) is 11.4. The maximum absolute atomic E-state index is 12.8. The number of thioether (sulfide) groups is 1. The van der Waals surface area contributed by atoms with Crippen molar-refractivity contribution in [1.29, 1.82) is 0 Å². The van der Waals surface area contributed by atoms with E-state index >= 15 is 0 Å². The van der Waals surface area contributed by atoms with Crippen molar-refractivity contribution in [3.63, 3.8) is 0 Å². The Morgan fingerprint density at radius 3 is 2.29 bits per heavy atom. The average Bonchev–Trinajstić information content (AvgIpc) is 2.47. The van der Waals surface area contributed by atoms with Crippen molar-refractivity contribution >= 4 is 11.8 Å². The van der Waals surface area contributed by atoms with Gasteiger partial charge in [0.25, 0.3) is 0 Å². The summed E-state index contributed by atoms with van der Waals surface area (Å²) >= 11 is 1.68.